The van der Waals surface area contributed by atoms with Gasteiger partial charge in [0.15, 0.2) is 14.3 Å². The van der Waals surface area contributed by atoms with Gasteiger partial charge < -0.3 is 9.13 Å². The Kier molecular flexibility index (Phi) is 8.88. The SMILES string of the molecule is Cc1ccc(P(=O)(c2ccc(C(F)(F)F)cc2)c2cccc(P(=O)(c3ccc(C(F)(F)F)cc3)c3ccc(C(F)(F)F)cc3)c2)cc1. The van der Waals surface area contributed by atoms with Crippen molar-refractivity contribution in [2.45, 2.75) is 25.5 Å². The van der Waals surface area contributed by atoms with Crippen LogP contribution in [0.3, 0.4) is 0 Å². The number of benzene rings is 5. The van der Waals surface area contributed by atoms with Gasteiger partial charge in [0.25, 0.3) is 0 Å². The Bertz CT molecular complexity index is 1920. The van der Waals surface area contributed by atoms with Gasteiger partial charge in [0, 0.05) is 31.8 Å². The zero-order chi connectivity index (χ0) is 34.4. The third-order valence-electron chi connectivity index (χ3n) is 7.63. The highest BCUT2D eigenvalue weighted by molar-refractivity contribution is 7.86. The Hall–Kier alpha value is -4.07. The van der Waals surface area contributed by atoms with E-state index in [-0.39, 0.29) is 31.8 Å². The molecule has 0 amide bonds. The smallest absolute Gasteiger partial charge is 0.309 e. The minimum absolute atomic E-state index is 0.0189. The van der Waals surface area contributed by atoms with Gasteiger partial charge >= 0.3 is 18.5 Å². The standard InChI is InChI=1S/C34H23F9O2P2/c1-22-5-13-26(14-6-22)46(44,27-15-7-23(8-16-27)32(35,36)37)30-3-2-4-31(21-30)47(45,28-17-9-24(10-18-28)33(38,39)40)29-19-11-25(12-20-29)34(41,42)43/h2-21H,1H3. The van der Waals surface area contributed by atoms with E-state index in [9.17, 15) is 39.5 Å². The topological polar surface area (TPSA) is 34.1 Å². The van der Waals surface area contributed by atoms with Crippen molar-refractivity contribution < 1.29 is 48.6 Å². The van der Waals surface area contributed by atoms with Crippen molar-refractivity contribution in [2.75, 3.05) is 0 Å². The summed E-state index contributed by atoms with van der Waals surface area (Å²) in [5.41, 5.74) is -2.25. The molecule has 0 radical (unpaired) electrons. The second kappa shape index (κ2) is 12.2. The first kappa shape index (κ1) is 34.3. The Morgan fingerprint density at radius 1 is 0.383 bits per heavy atom. The van der Waals surface area contributed by atoms with Gasteiger partial charge in [-0.15, -0.1) is 0 Å². The molecule has 0 bridgehead atoms. The van der Waals surface area contributed by atoms with Crippen LogP contribution in [0.2, 0.25) is 0 Å². The Labute approximate surface area is 263 Å². The normalized spacial score (nSPS) is 14.1. The number of rotatable bonds is 6. The van der Waals surface area contributed by atoms with Gasteiger partial charge in [-0.25, -0.2) is 0 Å². The average molecular weight is 696 g/mol. The van der Waals surface area contributed by atoms with Gasteiger partial charge in [-0.1, -0.05) is 84.4 Å². The minimum atomic E-state index is -4.72. The van der Waals surface area contributed by atoms with Crippen LogP contribution < -0.4 is 31.8 Å². The zero-order valence-corrected chi connectivity index (χ0v) is 25.9. The van der Waals surface area contributed by atoms with E-state index in [4.69, 9.17) is 0 Å². The molecule has 1 unspecified atom stereocenters. The predicted octanol–water partition coefficient (Wildman–Crippen LogP) is 8.33. The van der Waals surface area contributed by atoms with Crippen LogP contribution >= 0.6 is 14.3 Å². The summed E-state index contributed by atoms with van der Waals surface area (Å²) < 4.78 is 151. The molecule has 47 heavy (non-hydrogen) atoms. The minimum Gasteiger partial charge on any atom is -0.309 e. The van der Waals surface area contributed by atoms with Crippen LogP contribution in [0.15, 0.2) is 121 Å². The Morgan fingerprint density at radius 3 is 0.894 bits per heavy atom. The number of aryl methyl sites for hydroxylation is 1. The molecule has 0 aliphatic heterocycles. The maximum absolute atomic E-state index is 15.1. The summed E-state index contributed by atoms with van der Waals surface area (Å²) in [5.74, 6) is 0. The molecular weight excluding hydrogens is 673 g/mol. The molecule has 0 saturated carbocycles. The molecule has 0 aromatic heterocycles. The fourth-order valence-electron chi connectivity index (χ4n) is 5.11. The monoisotopic (exact) mass is 696 g/mol. The van der Waals surface area contributed by atoms with Crippen LogP contribution in [0.4, 0.5) is 39.5 Å². The number of hydrogen-bond acceptors (Lipinski definition) is 2. The molecule has 0 aliphatic rings. The Morgan fingerprint density at radius 2 is 0.638 bits per heavy atom. The highest BCUT2D eigenvalue weighted by atomic mass is 31.2. The second-order valence-corrected chi connectivity index (χ2v) is 16.2. The highest BCUT2D eigenvalue weighted by Crippen LogP contribution is 2.47. The van der Waals surface area contributed by atoms with Crippen molar-refractivity contribution >= 4 is 46.1 Å². The second-order valence-electron chi connectivity index (χ2n) is 10.7. The summed E-state index contributed by atoms with van der Waals surface area (Å²) in [6, 6.07) is 22.3. The van der Waals surface area contributed by atoms with Gasteiger partial charge in [0.2, 0.25) is 0 Å². The average Bonchev–Trinajstić information content (AvgIpc) is 3.03. The Balaban J connectivity index is 1.75. The van der Waals surface area contributed by atoms with E-state index in [1.807, 2.05) is 0 Å². The predicted molar refractivity (Wildman–Crippen MR) is 165 cm³/mol. The molecule has 5 aromatic rings. The number of alkyl halides is 9. The van der Waals surface area contributed by atoms with E-state index in [0.717, 1.165) is 54.1 Å². The highest BCUT2D eigenvalue weighted by Gasteiger charge is 2.38. The van der Waals surface area contributed by atoms with E-state index in [1.54, 1.807) is 31.2 Å². The lowest BCUT2D eigenvalue weighted by Gasteiger charge is -2.24. The third-order valence-corrected chi connectivity index (χ3v) is 13.7. The van der Waals surface area contributed by atoms with Gasteiger partial charge in [-0.2, -0.15) is 39.5 Å². The van der Waals surface area contributed by atoms with Crippen molar-refractivity contribution in [1.82, 2.24) is 0 Å². The van der Waals surface area contributed by atoms with Crippen molar-refractivity contribution in [3.05, 3.63) is 144 Å². The van der Waals surface area contributed by atoms with E-state index >= 15 is 9.13 Å². The molecule has 2 nitrogen and oxygen atoms in total. The van der Waals surface area contributed by atoms with E-state index in [0.29, 0.717) is 24.3 Å². The van der Waals surface area contributed by atoms with Crippen LogP contribution in [0, 0.1) is 6.92 Å². The summed E-state index contributed by atoms with van der Waals surface area (Å²) in [7, 11) is -8.24. The van der Waals surface area contributed by atoms with Crippen molar-refractivity contribution in [2.24, 2.45) is 0 Å². The zero-order valence-electron chi connectivity index (χ0n) is 24.2. The fraction of sp³-hybridized carbons (Fsp3) is 0.118. The molecule has 5 rings (SSSR count). The van der Waals surface area contributed by atoms with Crippen molar-refractivity contribution in [3.63, 3.8) is 0 Å². The molecule has 1 atom stereocenters. The van der Waals surface area contributed by atoms with Gasteiger partial charge in [-0.3, -0.25) is 0 Å². The lowest BCUT2D eigenvalue weighted by atomic mass is 10.2. The first-order chi connectivity index (χ1) is 21.8. The largest absolute Gasteiger partial charge is 0.416 e. The fourth-order valence-corrected chi connectivity index (χ4v) is 10.5. The van der Waals surface area contributed by atoms with E-state index < -0.39 is 49.5 Å². The molecule has 0 N–H and O–H groups in total. The molecule has 13 heteroatoms. The van der Waals surface area contributed by atoms with Crippen LogP contribution in [-0.4, -0.2) is 0 Å². The summed E-state index contributed by atoms with van der Waals surface area (Å²) in [5, 5.41) is -0.0417. The molecule has 0 fully saturated rings. The quantitative estimate of drug-likeness (QED) is 0.132. The molecular formula is C34H23F9O2P2. The summed E-state index contributed by atoms with van der Waals surface area (Å²) in [6.45, 7) is 1.78. The van der Waals surface area contributed by atoms with E-state index in [2.05, 4.69) is 0 Å². The first-order valence-electron chi connectivity index (χ1n) is 13.8. The summed E-state index contributed by atoms with van der Waals surface area (Å²) in [6.07, 6.45) is -14.1. The van der Waals surface area contributed by atoms with Crippen LogP contribution in [0.1, 0.15) is 22.3 Å². The lowest BCUT2D eigenvalue weighted by Crippen LogP contribution is -2.30. The van der Waals surface area contributed by atoms with Crippen LogP contribution in [-0.2, 0) is 27.7 Å². The van der Waals surface area contributed by atoms with Gasteiger partial charge in [-0.05, 0) is 49.4 Å². The van der Waals surface area contributed by atoms with Gasteiger partial charge in [0.1, 0.15) is 0 Å². The van der Waals surface area contributed by atoms with Gasteiger partial charge in [0.05, 0.1) is 16.7 Å². The van der Waals surface area contributed by atoms with Crippen molar-refractivity contribution in [1.29, 1.82) is 0 Å². The number of hydrogen-bond donors (Lipinski definition) is 0. The van der Waals surface area contributed by atoms with Crippen LogP contribution in [0.5, 0.6) is 0 Å². The first-order valence-corrected chi connectivity index (χ1v) is 17.2. The number of halogens is 9. The maximum Gasteiger partial charge on any atom is 0.416 e. The molecule has 5 aromatic carbocycles. The van der Waals surface area contributed by atoms with E-state index in [1.165, 1.54) is 24.3 Å². The van der Waals surface area contributed by atoms with Crippen LogP contribution in [0.25, 0.3) is 0 Å². The molecule has 0 saturated heterocycles. The molecule has 0 spiro atoms. The molecule has 0 heterocycles. The molecule has 0 aliphatic carbocycles. The molecule has 244 valence electrons. The lowest BCUT2D eigenvalue weighted by molar-refractivity contribution is -0.138. The third kappa shape index (κ3) is 6.69. The summed E-state index contributed by atoms with van der Waals surface area (Å²) >= 11 is 0. The maximum atomic E-state index is 15.1. The summed E-state index contributed by atoms with van der Waals surface area (Å²) in [4.78, 5) is 0. The van der Waals surface area contributed by atoms with Crippen molar-refractivity contribution in [3.8, 4) is 0 Å².